The van der Waals surface area contributed by atoms with Crippen molar-refractivity contribution in [1.82, 2.24) is 0 Å². The molecular formula is C27H32N+. The number of aryl methyl sites for hydroxylation is 1. The Morgan fingerprint density at radius 1 is 0.893 bits per heavy atom. The van der Waals surface area contributed by atoms with Crippen LogP contribution in [0.4, 0.5) is 0 Å². The van der Waals surface area contributed by atoms with Crippen LogP contribution in [0.25, 0.3) is 12.2 Å². The molecule has 0 amide bonds. The van der Waals surface area contributed by atoms with E-state index >= 15 is 0 Å². The van der Waals surface area contributed by atoms with E-state index < -0.39 is 0 Å². The van der Waals surface area contributed by atoms with Crippen LogP contribution in [0, 0.1) is 30.1 Å². The lowest BCUT2D eigenvalue weighted by Crippen LogP contribution is -2.45. The molecule has 1 aromatic heterocycles. The Hall–Kier alpha value is -2.15. The Labute approximate surface area is 169 Å². The maximum atomic E-state index is 2.62. The van der Waals surface area contributed by atoms with Gasteiger partial charge in [-0.1, -0.05) is 36.4 Å². The van der Waals surface area contributed by atoms with Crippen molar-refractivity contribution < 1.29 is 4.57 Å². The van der Waals surface area contributed by atoms with Crippen molar-refractivity contribution in [3.05, 3.63) is 77.6 Å². The molecule has 1 heterocycles. The van der Waals surface area contributed by atoms with Gasteiger partial charge in [0.1, 0.15) is 0 Å². The molecular weight excluding hydrogens is 338 g/mol. The summed E-state index contributed by atoms with van der Waals surface area (Å²) in [6.07, 6.45) is 20.7. The molecule has 4 aliphatic carbocycles. The highest BCUT2D eigenvalue weighted by molar-refractivity contribution is 5.67. The summed E-state index contributed by atoms with van der Waals surface area (Å²) in [4.78, 5) is 0. The molecule has 4 saturated carbocycles. The molecule has 1 nitrogen and oxygen atoms in total. The highest BCUT2D eigenvalue weighted by atomic mass is 14.9. The maximum absolute atomic E-state index is 2.62. The second kappa shape index (κ2) is 7.35. The van der Waals surface area contributed by atoms with Crippen molar-refractivity contribution in [2.45, 2.75) is 52.0 Å². The Morgan fingerprint density at radius 3 is 2.25 bits per heavy atom. The molecule has 2 aromatic rings. The van der Waals surface area contributed by atoms with Gasteiger partial charge in [-0.25, -0.2) is 0 Å². The second-order valence-electron chi connectivity index (χ2n) is 9.66. The lowest BCUT2D eigenvalue weighted by atomic mass is 9.49. The number of hydrogen-bond acceptors (Lipinski definition) is 0. The van der Waals surface area contributed by atoms with Gasteiger partial charge in [0.15, 0.2) is 12.7 Å². The second-order valence-corrected chi connectivity index (χ2v) is 9.66. The van der Waals surface area contributed by atoms with E-state index in [0.717, 1.165) is 24.3 Å². The molecule has 6 rings (SSSR count). The summed E-state index contributed by atoms with van der Waals surface area (Å²) in [6.45, 7) is 3.18. The fraction of sp³-hybridized carbons (Fsp3) is 0.444. The molecule has 1 heteroatoms. The maximum Gasteiger partial charge on any atom is 0.208 e. The zero-order valence-electron chi connectivity index (χ0n) is 17.1. The van der Waals surface area contributed by atoms with E-state index in [9.17, 15) is 0 Å². The summed E-state index contributed by atoms with van der Waals surface area (Å²) in [5.41, 5.74) is 4.42. The minimum atomic E-state index is 0.527. The highest BCUT2D eigenvalue weighted by Crippen LogP contribution is 2.60. The van der Waals surface area contributed by atoms with Gasteiger partial charge in [-0.3, -0.25) is 0 Å². The normalized spacial score (nSPS) is 31.2. The van der Waals surface area contributed by atoms with Gasteiger partial charge < -0.3 is 0 Å². The van der Waals surface area contributed by atoms with Gasteiger partial charge in [0, 0.05) is 17.7 Å². The van der Waals surface area contributed by atoms with E-state index in [2.05, 4.69) is 84.5 Å². The number of rotatable bonds is 5. The zero-order chi connectivity index (χ0) is 19.0. The molecule has 0 saturated heterocycles. The van der Waals surface area contributed by atoms with Crippen LogP contribution >= 0.6 is 0 Å². The number of benzene rings is 1. The van der Waals surface area contributed by atoms with Crippen LogP contribution in [0.3, 0.4) is 0 Å². The molecule has 4 fully saturated rings. The molecule has 0 unspecified atom stereocenters. The van der Waals surface area contributed by atoms with Gasteiger partial charge >= 0.3 is 0 Å². The molecule has 4 aliphatic rings. The SMILES string of the molecule is Cc1ccc[n+](C/C=C/C23CC4CC(CC(C4)C2)C3)c1/C=C/c1ccccc1. The molecule has 1 aromatic carbocycles. The van der Waals surface area contributed by atoms with Gasteiger partial charge in [0.25, 0.3) is 0 Å². The zero-order valence-corrected chi connectivity index (χ0v) is 17.1. The average Bonchev–Trinajstić information content (AvgIpc) is 2.67. The number of pyridine rings is 1. The van der Waals surface area contributed by atoms with Crippen molar-refractivity contribution in [3.8, 4) is 0 Å². The predicted molar refractivity (Wildman–Crippen MR) is 116 cm³/mol. The molecule has 4 bridgehead atoms. The lowest BCUT2D eigenvalue weighted by molar-refractivity contribution is -0.689. The van der Waals surface area contributed by atoms with Gasteiger partial charge in [0.2, 0.25) is 5.69 Å². The van der Waals surface area contributed by atoms with Crippen LogP contribution in [0.2, 0.25) is 0 Å². The van der Waals surface area contributed by atoms with Crippen LogP contribution in [-0.2, 0) is 6.54 Å². The minimum absolute atomic E-state index is 0.527. The van der Waals surface area contributed by atoms with E-state index in [1.807, 2.05) is 0 Å². The standard InChI is InChI=1S/C27H32N/c1-21-7-5-13-28(26(21)11-10-22-8-3-2-4-9-22)14-6-12-27-18-23-15-24(19-27)17-25(16-23)20-27/h2-13,23-25H,14-20H2,1H3/q+1/b11-10+,12-6+. The van der Waals surface area contributed by atoms with Crippen molar-refractivity contribution in [2.75, 3.05) is 0 Å². The topological polar surface area (TPSA) is 3.88 Å². The van der Waals surface area contributed by atoms with Crippen molar-refractivity contribution in [3.63, 3.8) is 0 Å². The first-order valence-electron chi connectivity index (χ1n) is 11.1. The summed E-state index contributed by atoms with van der Waals surface area (Å²) < 4.78 is 2.39. The molecule has 28 heavy (non-hydrogen) atoms. The molecule has 0 spiro atoms. The third kappa shape index (κ3) is 3.60. The fourth-order valence-electron chi connectivity index (χ4n) is 6.61. The average molecular weight is 371 g/mol. The highest BCUT2D eigenvalue weighted by Gasteiger charge is 2.49. The van der Waals surface area contributed by atoms with Crippen LogP contribution < -0.4 is 4.57 Å². The Kier molecular flexibility index (Phi) is 4.70. The van der Waals surface area contributed by atoms with Gasteiger partial charge in [-0.05, 0) is 92.4 Å². The van der Waals surface area contributed by atoms with Crippen LogP contribution in [-0.4, -0.2) is 0 Å². The minimum Gasteiger partial charge on any atom is -0.195 e. The van der Waals surface area contributed by atoms with Gasteiger partial charge in [-0.15, -0.1) is 0 Å². The first-order valence-corrected chi connectivity index (χ1v) is 11.1. The third-order valence-corrected chi connectivity index (χ3v) is 7.42. The largest absolute Gasteiger partial charge is 0.208 e. The summed E-state index contributed by atoms with van der Waals surface area (Å²) in [7, 11) is 0. The third-order valence-electron chi connectivity index (χ3n) is 7.42. The fourth-order valence-corrected chi connectivity index (χ4v) is 6.61. The Balaban J connectivity index is 1.34. The monoisotopic (exact) mass is 370 g/mol. The van der Waals surface area contributed by atoms with Crippen LogP contribution in [0.15, 0.2) is 60.8 Å². The molecule has 144 valence electrons. The van der Waals surface area contributed by atoms with E-state index in [4.69, 9.17) is 0 Å². The van der Waals surface area contributed by atoms with Gasteiger partial charge in [-0.2, -0.15) is 4.57 Å². The molecule has 0 radical (unpaired) electrons. The number of hydrogen-bond donors (Lipinski definition) is 0. The quantitative estimate of drug-likeness (QED) is 0.434. The smallest absolute Gasteiger partial charge is 0.195 e. The van der Waals surface area contributed by atoms with Crippen LogP contribution in [0.1, 0.15) is 55.3 Å². The van der Waals surface area contributed by atoms with E-state index in [1.165, 1.54) is 55.3 Å². The van der Waals surface area contributed by atoms with Crippen molar-refractivity contribution in [2.24, 2.45) is 23.2 Å². The molecule has 0 atom stereocenters. The predicted octanol–water partition coefficient (Wildman–Crippen LogP) is 6.23. The Bertz CT molecular complexity index is 854. The molecule has 0 N–H and O–H groups in total. The summed E-state index contributed by atoms with van der Waals surface area (Å²) in [6, 6.07) is 15.0. The number of nitrogens with zero attached hydrogens (tertiary/aromatic N) is 1. The van der Waals surface area contributed by atoms with Gasteiger partial charge in [0.05, 0.1) is 0 Å². The van der Waals surface area contributed by atoms with Crippen molar-refractivity contribution in [1.29, 1.82) is 0 Å². The van der Waals surface area contributed by atoms with E-state index in [-0.39, 0.29) is 0 Å². The van der Waals surface area contributed by atoms with E-state index in [0.29, 0.717) is 5.41 Å². The number of allylic oxidation sites excluding steroid dienone is 2. The summed E-state index contributed by atoms with van der Waals surface area (Å²) in [5, 5.41) is 0. The van der Waals surface area contributed by atoms with Crippen molar-refractivity contribution >= 4 is 12.2 Å². The molecule has 0 aliphatic heterocycles. The van der Waals surface area contributed by atoms with E-state index in [1.54, 1.807) is 0 Å². The van der Waals surface area contributed by atoms with Crippen LogP contribution in [0.5, 0.6) is 0 Å². The first-order chi connectivity index (χ1) is 13.7. The first kappa shape index (κ1) is 17.9. The summed E-state index contributed by atoms with van der Waals surface area (Å²) >= 11 is 0. The lowest BCUT2D eigenvalue weighted by Gasteiger charge is -2.55. The number of aromatic nitrogens is 1. The Morgan fingerprint density at radius 2 is 1.57 bits per heavy atom. The summed E-state index contributed by atoms with van der Waals surface area (Å²) in [5.74, 6) is 3.06.